The summed E-state index contributed by atoms with van der Waals surface area (Å²) >= 11 is 0. The molecule has 0 amide bonds. The summed E-state index contributed by atoms with van der Waals surface area (Å²) in [5.41, 5.74) is 0.943. The molecular formula is C17H28. The van der Waals surface area contributed by atoms with Gasteiger partial charge in [-0.15, -0.1) is 0 Å². The molecule has 0 aromatic carbocycles. The Balaban J connectivity index is 1.37. The Morgan fingerprint density at radius 1 is 1.06 bits per heavy atom. The molecule has 0 aliphatic heterocycles. The molecule has 0 nitrogen and oxygen atoms in total. The lowest BCUT2D eigenvalue weighted by Gasteiger charge is -2.45. The Labute approximate surface area is 107 Å². The van der Waals surface area contributed by atoms with Crippen LogP contribution in [0.15, 0.2) is 0 Å². The molecule has 0 bridgehead atoms. The third-order valence-electron chi connectivity index (χ3n) is 7.28. The summed E-state index contributed by atoms with van der Waals surface area (Å²) in [6.07, 6.45) is 15.7. The van der Waals surface area contributed by atoms with Crippen LogP contribution < -0.4 is 0 Å². The number of rotatable bonds is 3. The minimum absolute atomic E-state index is 0.943. The van der Waals surface area contributed by atoms with Gasteiger partial charge in [-0.05, 0) is 73.5 Å². The van der Waals surface area contributed by atoms with E-state index in [9.17, 15) is 0 Å². The summed E-state index contributed by atoms with van der Waals surface area (Å²) in [6, 6.07) is 0. The van der Waals surface area contributed by atoms with Crippen molar-refractivity contribution < 1.29 is 0 Å². The summed E-state index contributed by atoms with van der Waals surface area (Å²) in [4.78, 5) is 0. The second kappa shape index (κ2) is 3.75. The highest BCUT2D eigenvalue weighted by Crippen LogP contribution is 2.75. The van der Waals surface area contributed by atoms with E-state index >= 15 is 0 Å². The second-order valence-corrected chi connectivity index (χ2v) is 7.87. The predicted octanol–water partition coefficient (Wildman–Crippen LogP) is 5.03. The molecule has 0 aromatic heterocycles. The first-order valence-corrected chi connectivity index (χ1v) is 8.29. The third-order valence-corrected chi connectivity index (χ3v) is 7.28. The van der Waals surface area contributed by atoms with Crippen molar-refractivity contribution in [1.82, 2.24) is 0 Å². The highest BCUT2D eigenvalue weighted by atomic mass is 14.7. The molecule has 0 radical (unpaired) electrons. The van der Waals surface area contributed by atoms with E-state index in [1.54, 1.807) is 51.4 Å². The Morgan fingerprint density at radius 2 is 1.88 bits per heavy atom. The molecule has 5 atom stereocenters. The average molecular weight is 232 g/mol. The van der Waals surface area contributed by atoms with Crippen molar-refractivity contribution in [3.05, 3.63) is 0 Å². The van der Waals surface area contributed by atoms with Crippen LogP contribution >= 0.6 is 0 Å². The fraction of sp³-hybridized carbons (Fsp3) is 1.00. The standard InChI is InChI=1S/C17H28/c1-12(13-4-2-3-5-13)10-14-6-7-15-8-9-17(15)11-16(14)17/h12-16H,2-11H2,1H3. The smallest absolute Gasteiger partial charge is 0.0235 e. The van der Waals surface area contributed by atoms with E-state index in [-0.39, 0.29) is 0 Å². The monoisotopic (exact) mass is 232 g/mol. The van der Waals surface area contributed by atoms with Crippen molar-refractivity contribution in [3.8, 4) is 0 Å². The van der Waals surface area contributed by atoms with E-state index in [4.69, 9.17) is 0 Å². The lowest BCUT2D eigenvalue weighted by molar-refractivity contribution is 0.0505. The maximum atomic E-state index is 2.57. The SMILES string of the molecule is CC(CC1CCC2CCC23CC13)C1CCCC1. The van der Waals surface area contributed by atoms with Crippen LogP contribution in [-0.4, -0.2) is 0 Å². The molecule has 0 heterocycles. The molecule has 96 valence electrons. The van der Waals surface area contributed by atoms with Gasteiger partial charge in [-0.25, -0.2) is 0 Å². The van der Waals surface area contributed by atoms with Crippen LogP contribution in [0.25, 0.3) is 0 Å². The zero-order valence-electron chi connectivity index (χ0n) is 11.5. The maximum absolute atomic E-state index is 2.57. The molecule has 0 heteroatoms. The van der Waals surface area contributed by atoms with Gasteiger partial charge in [-0.3, -0.25) is 0 Å². The lowest BCUT2D eigenvalue weighted by atomic mass is 9.60. The predicted molar refractivity (Wildman–Crippen MR) is 71.7 cm³/mol. The molecule has 4 aliphatic rings. The van der Waals surface area contributed by atoms with Gasteiger partial charge in [0.25, 0.3) is 0 Å². The maximum Gasteiger partial charge on any atom is -0.0235 e. The molecule has 0 aromatic rings. The topological polar surface area (TPSA) is 0 Å². The van der Waals surface area contributed by atoms with Crippen LogP contribution in [0.5, 0.6) is 0 Å². The highest BCUT2D eigenvalue weighted by Gasteiger charge is 2.67. The van der Waals surface area contributed by atoms with Crippen LogP contribution in [0.4, 0.5) is 0 Å². The zero-order chi connectivity index (χ0) is 11.5. The van der Waals surface area contributed by atoms with Crippen molar-refractivity contribution in [3.63, 3.8) is 0 Å². The van der Waals surface area contributed by atoms with Gasteiger partial charge in [-0.2, -0.15) is 0 Å². The summed E-state index contributed by atoms with van der Waals surface area (Å²) < 4.78 is 0. The van der Waals surface area contributed by atoms with Gasteiger partial charge in [0, 0.05) is 0 Å². The lowest BCUT2D eigenvalue weighted by Crippen LogP contribution is -2.36. The zero-order valence-corrected chi connectivity index (χ0v) is 11.5. The average Bonchev–Trinajstić information content (AvgIpc) is 2.86. The summed E-state index contributed by atoms with van der Waals surface area (Å²) in [5.74, 6) is 5.66. The molecule has 1 spiro atoms. The van der Waals surface area contributed by atoms with E-state index in [1.165, 1.54) is 24.7 Å². The Kier molecular flexibility index (Phi) is 2.40. The van der Waals surface area contributed by atoms with Gasteiger partial charge in [0.15, 0.2) is 0 Å². The Morgan fingerprint density at radius 3 is 2.59 bits per heavy atom. The number of hydrogen-bond donors (Lipinski definition) is 0. The minimum Gasteiger partial charge on any atom is -0.0622 e. The third kappa shape index (κ3) is 1.55. The van der Waals surface area contributed by atoms with Crippen molar-refractivity contribution >= 4 is 0 Å². The van der Waals surface area contributed by atoms with E-state index < -0.39 is 0 Å². The normalized spacial score (nSPS) is 50.3. The fourth-order valence-electron chi connectivity index (χ4n) is 5.99. The molecule has 4 fully saturated rings. The number of hydrogen-bond acceptors (Lipinski definition) is 0. The second-order valence-electron chi connectivity index (χ2n) is 7.87. The van der Waals surface area contributed by atoms with E-state index in [0.29, 0.717) is 0 Å². The molecule has 5 unspecified atom stereocenters. The largest absolute Gasteiger partial charge is 0.0622 e. The van der Waals surface area contributed by atoms with Gasteiger partial charge < -0.3 is 0 Å². The molecule has 4 aliphatic carbocycles. The van der Waals surface area contributed by atoms with E-state index in [2.05, 4.69) is 6.92 Å². The highest BCUT2D eigenvalue weighted by molar-refractivity contribution is 5.16. The van der Waals surface area contributed by atoms with Crippen LogP contribution in [0, 0.1) is 35.0 Å². The summed E-state index contributed by atoms with van der Waals surface area (Å²) in [6.45, 7) is 2.57. The van der Waals surface area contributed by atoms with Crippen LogP contribution in [-0.2, 0) is 0 Å². The first-order valence-electron chi connectivity index (χ1n) is 8.29. The van der Waals surface area contributed by atoms with Crippen LogP contribution in [0.2, 0.25) is 0 Å². The van der Waals surface area contributed by atoms with Gasteiger partial charge in [0.1, 0.15) is 0 Å². The van der Waals surface area contributed by atoms with Gasteiger partial charge in [-0.1, -0.05) is 32.6 Å². The molecule has 4 saturated carbocycles. The molecule has 4 rings (SSSR count). The van der Waals surface area contributed by atoms with Crippen LogP contribution in [0.3, 0.4) is 0 Å². The van der Waals surface area contributed by atoms with Gasteiger partial charge in [0.05, 0.1) is 0 Å². The molecule has 17 heavy (non-hydrogen) atoms. The first-order chi connectivity index (χ1) is 8.29. The quantitative estimate of drug-likeness (QED) is 0.640. The van der Waals surface area contributed by atoms with Crippen molar-refractivity contribution in [2.75, 3.05) is 0 Å². The van der Waals surface area contributed by atoms with E-state index in [1.807, 2.05) is 0 Å². The Bertz CT molecular complexity index is 301. The Hall–Kier alpha value is 0. The summed E-state index contributed by atoms with van der Waals surface area (Å²) in [5, 5.41) is 0. The van der Waals surface area contributed by atoms with E-state index in [0.717, 1.165) is 23.2 Å². The molecule has 0 saturated heterocycles. The molecule has 0 N–H and O–H groups in total. The van der Waals surface area contributed by atoms with Crippen molar-refractivity contribution in [2.45, 2.75) is 71.1 Å². The van der Waals surface area contributed by atoms with Crippen LogP contribution in [0.1, 0.15) is 71.1 Å². The molecular weight excluding hydrogens is 204 g/mol. The van der Waals surface area contributed by atoms with Crippen molar-refractivity contribution in [2.24, 2.45) is 35.0 Å². The van der Waals surface area contributed by atoms with Gasteiger partial charge in [0.2, 0.25) is 0 Å². The minimum atomic E-state index is 0.943. The summed E-state index contributed by atoms with van der Waals surface area (Å²) in [7, 11) is 0. The van der Waals surface area contributed by atoms with Gasteiger partial charge >= 0.3 is 0 Å². The first kappa shape index (κ1) is 10.9. The fourth-order valence-corrected chi connectivity index (χ4v) is 5.99. The van der Waals surface area contributed by atoms with Crippen molar-refractivity contribution in [1.29, 1.82) is 0 Å².